The van der Waals surface area contributed by atoms with Gasteiger partial charge >= 0.3 is 0 Å². The highest BCUT2D eigenvalue weighted by atomic mass is 32.2. The average molecular weight is 342 g/mol. The van der Waals surface area contributed by atoms with Gasteiger partial charge in [-0.3, -0.25) is 4.90 Å². The molecule has 0 atom stereocenters. The van der Waals surface area contributed by atoms with Crippen molar-refractivity contribution in [1.82, 2.24) is 19.3 Å². The molecule has 22 heavy (non-hydrogen) atoms. The van der Waals surface area contributed by atoms with Crippen molar-refractivity contribution in [2.45, 2.75) is 19.2 Å². The minimum absolute atomic E-state index is 0.0997. The molecule has 0 radical (unpaired) electrons. The van der Waals surface area contributed by atoms with Gasteiger partial charge in [0.05, 0.1) is 16.9 Å². The highest BCUT2D eigenvalue weighted by Crippen LogP contribution is 2.18. The van der Waals surface area contributed by atoms with E-state index in [0.717, 1.165) is 25.3 Å². The van der Waals surface area contributed by atoms with Crippen molar-refractivity contribution >= 4 is 21.4 Å². The quantitative estimate of drug-likeness (QED) is 0.809. The van der Waals surface area contributed by atoms with Crippen LogP contribution < -0.4 is 0 Å². The first kappa shape index (κ1) is 15.6. The molecule has 2 aromatic heterocycles. The third kappa shape index (κ3) is 3.54. The van der Waals surface area contributed by atoms with Crippen LogP contribution in [0.15, 0.2) is 22.4 Å². The lowest BCUT2D eigenvalue weighted by Crippen LogP contribution is -2.48. The van der Waals surface area contributed by atoms with Gasteiger partial charge in [-0.05, 0) is 6.92 Å². The SMILES string of the molecule is Cc1ncsc1CN1CCN(S(=O)(=O)Cc2ccon2)CC1. The Balaban J connectivity index is 1.56. The van der Waals surface area contributed by atoms with Crippen LogP contribution in [0.25, 0.3) is 0 Å². The van der Waals surface area contributed by atoms with Crippen molar-refractivity contribution in [3.8, 4) is 0 Å². The van der Waals surface area contributed by atoms with Crippen molar-refractivity contribution in [3.05, 3.63) is 34.1 Å². The summed E-state index contributed by atoms with van der Waals surface area (Å²) in [4.78, 5) is 7.76. The molecule has 3 heterocycles. The lowest BCUT2D eigenvalue weighted by molar-refractivity contribution is 0.182. The average Bonchev–Trinajstić information content (AvgIpc) is 3.12. The van der Waals surface area contributed by atoms with Crippen LogP contribution in [-0.4, -0.2) is 53.9 Å². The summed E-state index contributed by atoms with van der Waals surface area (Å²) in [6.45, 7) is 5.33. The van der Waals surface area contributed by atoms with Gasteiger partial charge in [0.25, 0.3) is 0 Å². The minimum atomic E-state index is -3.33. The van der Waals surface area contributed by atoms with Crippen LogP contribution in [0.5, 0.6) is 0 Å². The van der Waals surface area contributed by atoms with E-state index in [1.165, 1.54) is 15.4 Å². The fourth-order valence-corrected chi connectivity index (χ4v) is 4.68. The van der Waals surface area contributed by atoms with Gasteiger partial charge < -0.3 is 4.52 Å². The van der Waals surface area contributed by atoms with E-state index in [1.54, 1.807) is 17.4 Å². The number of sulfonamides is 1. The molecule has 2 aromatic rings. The molecule has 0 saturated carbocycles. The van der Waals surface area contributed by atoms with Crippen LogP contribution in [-0.2, 0) is 22.3 Å². The van der Waals surface area contributed by atoms with E-state index in [2.05, 4.69) is 19.6 Å². The summed E-state index contributed by atoms with van der Waals surface area (Å²) in [5.41, 5.74) is 3.36. The Morgan fingerprint density at radius 2 is 2.09 bits per heavy atom. The summed E-state index contributed by atoms with van der Waals surface area (Å²) in [6, 6.07) is 1.58. The fraction of sp³-hybridized carbons (Fsp3) is 0.538. The van der Waals surface area contributed by atoms with Crippen molar-refractivity contribution in [1.29, 1.82) is 0 Å². The van der Waals surface area contributed by atoms with Crippen molar-refractivity contribution in [2.24, 2.45) is 0 Å². The van der Waals surface area contributed by atoms with Crippen LogP contribution in [0.1, 0.15) is 16.3 Å². The van der Waals surface area contributed by atoms with Crippen molar-refractivity contribution < 1.29 is 12.9 Å². The fourth-order valence-electron chi connectivity index (χ4n) is 2.44. The van der Waals surface area contributed by atoms with Gasteiger partial charge in [0.1, 0.15) is 12.0 Å². The topological polar surface area (TPSA) is 79.5 Å². The Morgan fingerprint density at radius 3 is 2.68 bits per heavy atom. The zero-order valence-corrected chi connectivity index (χ0v) is 13.9. The zero-order chi connectivity index (χ0) is 15.6. The van der Waals surface area contributed by atoms with Crippen molar-refractivity contribution in [2.75, 3.05) is 26.2 Å². The highest BCUT2D eigenvalue weighted by molar-refractivity contribution is 7.88. The van der Waals surface area contributed by atoms with Gasteiger partial charge in [-0.1, -0.05) is 5.16 Å². The molecule has 1 fully saturated rings. The number of rotatable bonds is 5. The molecule has 0 aliphatic carbocycles. The van der Waals surface area contributed by atoms with Crippen LogP contribution in [0.4, 0.5) is 0 Å². The lowest BCUT2D eigenvalue weighted by Gasteiger charge is -2.33. The lowest BCUT2D eigenvalue weighted by atomic mass is 10.3. The number of hydrogen-bond acceptors (Lipinski definition) is 7. The molecule has 120 valence electrons. The smallest absolute Gasteiger partial charge is 0.220 e. The Kier molecular flexibility index (Phi) is 4.57. The summed E-state index contributed by atoms with van der Waals surface area (Å²) in [5, 5.41) is 3.67. The summed E-state index contributed by atoms with van der Waals surface area (Å²) in [7, 11) is -3.33. The first-order chi connectivity index (χ1) is 10.5. The second-order valence-corrected chi connectivity index (χ2v) is 8.19. The first-order valence-electron chi connectivity index (χ1n) is 7.03. The van der Waals surface area contributed by atoms with E-state index in [1.807, 2.05) is 12.4 Å². The zero-order valence-electron chi connectivity index (χ0n) is 12.3. The summed E-state index contributed by atoms with van der Waals surface area (Å²) in [5.74, 6) is -0.0997. The monoisotopic (exact) mass is 342 g/mol. The van der Waals surface area contributed by atoms with Gasteiger partial charge in [0, 0.05) is 43.7 Å². The predicted molar refractivity (Wildman–Crippen MR) is 82.8 cm³/mol. The van der Waals surface area contributed by atoms with E-state index in [0.29, 0.717) is 18.8 Å². The van der Waals surface area contributed by atoms with Gasteiger partial charge in [-0.2, -0.15) is 4.31 Å². The second-order valence-electron chi connectivity index (χ2n) is 5.28. The molecule has 0 amide bonds. The molecule has 0 N–H and O–H groups in total. The number of nitrogens with zero attached hydrogens (tertiary/aromatic N) is 4. The third-order valence-corrected chi connectivity index (χ3v) is 6.49. The number of piperazine rings is 1. The number of thiazole rings is 1. The molecule has 0 bridgehead atoms. The maximum Gasteiger partial charge on any atom is 0.220 e. The number of aryl methyl sites for hydroxylation is 1. The van der Waals surface area contributed by atoms with Crippen molar-refractivity contribution in [3.63, 3.8) is 0 Å². The Morgan fingerprint density at radius 1 is 1.32 bits per heavy atom. The number of aromatic nitrogens is 2. The van der Waals surface area contributed by atoms with Gasteiger partial charge in [-0.15, -0.1) is 11.3 Å². The van der Waals surface area contributed by atoms with Gasteiger partial charge in [-0.25, -0.2) is 13.4 Å². The molecule has 0 unspecified atom stereocenters. The minimum Gasteiger partial charge on any atom is -0.364 e. The molecule has 1 aliphatic rings. The van der Waals surface area contributed by atoms with E-state index >= 15 is 0 Å². The Bertz CT molecular complexity index is 703. The van der Waals surface area contributed by atoms with Crippen LogP contribution >= 0.6 is 11.3 Å². The second kappa shape index (κ2) is 6.45. The molecule has 1 saturated heterocycles. The molecule has 0 aromatic carbocycles. The van der Waals surface area contributed by atoms with E-state index in [-0.39, 0.29) is 5.75 Å². The van der Waals surface area contributed by atoms with Gasteiger partial charge in [0.15, 0.2) is 0 Å². The van der Waals surface area contributed by atoms with Crippen LogP contribution in [0.2, 0.25) is 0 Å². The molecular formula is C13H18N4O3S2. The maximum atomic E-state index is 12.3. The largest absolute Gasteiger partial charge is 0.364 e. The highest BCUT2D eigenvalue weighted by Gasteiger charge is 2.28. The van der Waals surface area contributed by atoms with E-state index in [9.17, 15) is 8.42 Å². The molecule has 7 nitrogen and oxygen atoms in total. The molecule has 0 spiro atoms. The first-order valence-corrected chi connectivity index (χ1v) is 9.52. The summed E-state index contributed by atoms with van der Waals surface area (Å²) < 4.78 is 30.9. The van der Waals surface area contributed by atoms with Crippen LogP contribution in [0, 0.1) is 6.92 Å². The third-order valence-electron chi connectivity index (χ3n) is 3.76. The Labute approximate surface area is 133 Å². The van der Waals surface area contributed by atoms with Crippen LogP contribution in [0.3, 0.4) is 0 Å². The predicted octanol–water partition coefficient (Wildman–Crippen LogP) is 1.09. The van der Waals surface area contributed by atoms with E-state index < -0.39 is 10.0 Å². The molecule has 3 rings (SSSR count). The summed E-state index contributed by atoms with van der Waals surface area (Å²) in [6.07, 6.45) is 1.39. The number of hydrogen-bond donors (Lipinski definition) is 0. The molecule has 1 aliphatic heterocycles. The maximum absolute atomic E-state index is 12.3. The summed E-state index contributed by atoms with van der Waals surface area (Å²) >= 11 is 1.65. The van der Waals surface area contributed by atoms with E-state index in [4.69, 9.17) is 0 Å². The van der Waals surface area contributed by atoms with Gasteiger partial charge in [0.2, 0.25) is 10.0 Å². The molecule has 9 heteroatoms. The standard InChI is InChI=1S/C13H18N4O3S2/c1-11-13(21-10-14-11)8-16-3-5-17(6-4-16)22(18,19)9-12-2-7-20-15-12/h2,7,10H,3-6,8-9H2,1H3. The Hall–Kier alpha value is -1.29. The normalized spacial score (nSPS) is 17.9. The molecular weight excluding hydrogens is 324 g/mol.